The van der Waals surface area contributed by atoms with Crippen LogP contribution >= 0.6 is 31.9 Å². The van der Waals surface area contributed by atoms with Crippen molar-refractivity contribution in [1.82, 2.24) is 5.32 Å². The van der Waals surface area contributed by atoms with E-state index in [9.17, 15) is 0 Å². The molecule has 0 spiro atoms. The van der Waals surface area contributed by atoms with E-state index in [1.807, 2.05) is 0 Å². The van der Waals surface area contributed by atoms with Gasteiger partial charge in [-0.2, -0.15) is 0 Å². The molecular weight excluding hydrogens is 378 g/mol. The van der Waals surface area contributed by atoms with Crippen LogP contribution in [0.4, 0.5) is 0 Å². The maximum atomic E-state index is 3.81. The van der Waals surface area contributed by atoms with Gasteiger partial charge in [0.2, 0.25) is 0 Å². The number of hydrogen-bond donors (Lipinski definition) is 1. The summed E-state index contributed by atoms with van der Waals surface area (Å²) in [6, 6.07) is 7.43. The summed E-state index contributed by atoms with van der Waals surface area (Å²) in [7, 11) is 0. The quantitative estimate of drug-likeness (QED) is 0.589. The van der Waals surface area contributed by atoms with Crippen molar-refractivity contribution in [3.63, 3.8) is 0 Å². The van der Waals surface area contributed by atoms with Gasteiger partial charge in [-0.05, 0) is 50.3 Å². The summed E-state index contributed by atoms with van der Waals surface area (Å²) < 4.78 is 2.30. The van der Waals surface area contributed by atoms with E-state index in [0.717, 1.165) is 10.4 Å². The molecule has 1 unspecified atom stereocenters. The van der Waals surface area contributed by atoms with Gasteiger partial charge in [-0.3, -0.25) is 0 Å². The van der Waals surface area contributed by atoms with Gasteiger partial charge in [0.1, 0.15) is 0 Å². The van der Waals surface area contributed by atoms with Crippen molar-refractivity contribution in [2.24, 2.45) is 5.92 Å². The highest BCUT2D eigenvalue weighted by molar-refractivity contribution is 9.11. The molecule has 112 valence electrons. The minimum absolute atomic E-state index is 0.385. The predicted octanol–water partition coefficient (Wildman–Crippen LogP) is 6.22. The van der Waals surface area contributed by atoms with Crippen LogP contribution in [0.25, 0.3) is 0 Å². The molecule has 1 aromatic carbocycles. The van der Waals surface area contributed by atoms with Crippen molar-refractivity contribution >= 4 is 31.9 Å². The lowest BCUT2D eigenvalue weighted by molar-refractivity contribution is 0.316. The smallest absolute Gasteiger partial charge is 0.0305 e. The van der Waals surface area contributed by atoms with Crippen LogP contribution in [0.2, 0.25) is 0 Å². The Kier molecular flexibility index (Phi) is 6.57. The minimum atomic E-state index is 0.385. The third-order valence-corrected chi connectivity index (χ3v) is 5.73. The molecule has 0 aliphatic heterocycles. The summed E-state index contributed by atoms with van der Waals surface area (Å²) in [6.45, 7) is 4.63. The Morgan fingerprint density at radius 3 is 2.30 bits per heavy atom. The Morgan fingerprint density at radius 2 is 1.70 bits per heavy atom. The highest BCUT2D eigenvalue weighted by Gasteiger charge is 2.21. The predicted molar refractivity (Wildman–Crippen MR) is 94.0 cm³/mol. The largest absolute Gasteiger partial charge is 0.307 e. The van der Waals surface area contributed by atoms with Gasteiger partial charge in [-0.25, -0.2) is 0 Å². The minimum Gasteiger partial charge on any atom is -0.307 e. The van der Waals surface area contributed by atoms with Crippen molar-refractivity contribution in [2.75, 3.05) is 0 Å². The van der Waals surface area contributed by atoms with Gasteiger partial charge >= 0.3 is 0 Å². The first-order valence-corrected chi connectivity index (χ1v) is 9.37. The second-order valence-electron chi connectivity index (χ2n) is 6.09. The molecule has 2 rings (SSSR count). The van der Waals surface area contributed by atoms with Gasteiger partial charge in [-0.15, -0.1) is 0 Å². The van der Waals surface area contributed by atoms with Gasteiger partial charge in [0.25, 0.3) is 0 Å². The highest BCUT2D eigenvalue weighted by Crippen LogP contribution is 2.30. The van der Waals surface area contributed by atoms with Gasteiger partial charge in [0.05, 0.1) is 0 Å². The van der Waals surface area contributed by atoms with Gasteiger partial charge in [0.15, 0.2) is 0 Å². The fourth-order valence-electron chi connectivity index (χ4n) is 3.28. The monoisotopic (exact) mass is 401 g/mol. The molecule has 1 aromatic rings. The molecule has 1 nitrogen and oxygen atoms in total. The van der Waals surface area contributed by atoms with Gasteiger partial charge in [0, 0.05) is 21.0 Å². The molecule has 0 bridgehead atoms. The summed E-state index contributed by atoms with van der Waals surface area (Å²) in [5.74, 6) is 0.842. The number of nitrogens with one attached hydrogen (secondary N) is 1. The van der Waals surface area contributed by atoms with E-state index in [2.05, 4.69) is 69.2 Å². The summed E-state index contributed by atoms with van der Waals surface area (Å²) in [4.78, 5) is 0. The molecule has 0 radical (unpaired) electrons. The van der Waals surface area contributed by atoms with Crippen molar-refractivity contribution in [3.8, 4) is 0 Å². The molecule has 1 aliphatic carbocycles. The van der Waals surface area contributed by atoms with Crippen molar-refractivity contribution in [2.45, 2.75) is 64.5 Å². The Morgan fingerprint density at radius 1 is 1.05 bits per heavy atom. The van der Waals surface area contributed by atoms with E-state index in [0.29, 0.717) is 12.1 Å². The molecule has 0 saturated heterocycles. The third-order valence-electron chi connectivity index (χ3n) is 4.55. The first-order valence-electron chi connectivity index (χ1n) is 7.79. The third kappa shape index (κ3) is 4.57. The lowest BCUT2D eigenvalue weighted by Gasteiger charge is -2.28. The Balaban J connectivity index is 1.97. The molecule has 1 aliphatic rings. The van der Waals surface area contributed by atoms with Crippen molar-refractivity contribution < 1.29 is 0 Å². The van der Waals surface area contributed by atoms with E-state index in [4.69, 9.17) is 0 Å². The molecule has 0 heterocycles. The van der Waals surface area contributed by atoms with Crippen LogP contribution in [0.15, 0.2) is 27.1 Å². The molecule has 3 heteroatoms. The highest BCUT2D eigenvalue weighted by atomic mass is 79.9. The van der Waals surface area contributed by atoms with Crippen LogP contribution in [0.1, 0.15) is 64.0 Å². The van der Waals surface area contributed by atoms with Crippen molar-refractivity contribution in [3.05, 3.63) is 32.7 Å². The van der Waals surface area contributed by atoms with Crippen LogP contribution in [-0.2, 0) is 0 Å². The summed E-state index contributed by atoms with van der Waals surface area (Å²) in [5.41, 5.74) is 1.34. The molecule has 2 atom stereocenters. The summed E-state index contributed by atoms with van der Waals surface area (Å²) in [5, 5.41) is 3.81. The van der Waals surface area contributed by atoms with Gasteiger partial charge in [-0.1, -0.05) is 63.6 Å². The second-order valence-corrected chi connectivity index (χ2v) is 7.86. The van der Waals surface area contributed by atoms with Crippen LogP contribution in [-0.4, -0.2) is 6.04 Å². The second kappa shape index (κ2) is 7.95. The first kappa shape index (κ1) is 16.5. The zero-order chi connectivity index (χ0) is 14.5. The number of rotatable bonds is 4. The van der Waals surface area contributed by atoms with E-state index >= 15 is 0 Å². The zero-order valence-electron chi connectivity index (χ0n) is 12.5. The first-order chi connectivity index (χ1) is 9.58. The SMILES string of the molecule is CC(N[C@H](C)C1CCCCCC1)c1ccc(Br)cc1Br. The maximum Gasteiger partial charge on any atom is 0.0305 e. The number of hydrogen-bond acceptors (Lipinski definition) is 1. The zero-order valence-corrected chi connectivity index (χ0v) is 15.6. The Labute approximate surface area is 140 Å². The molecule has 1 N–H and O–H groups in total. The Hall–Kier alpha value is 0.140. The standard InChI is InChI=1S/C17H25Br2N/c1-12(14-7-5-3-4-6-8-14)20-13(2)16-10-9-15(18)11-17(16)19/h9-14,20H,3-8H2,1-2H3/t12-,13?/m1/s1. The topological polar surface area (TPSA) is 12.0 Å². The fraction of sp³-hybridized carbons (Fsp3) is 0.647. The summed E-state index contributed by atoms with van der Waals surface area (Å²) >= 11 is 7.19. The Bertz CT molecular complexity index is 425. The molecule has 1 fully saturated rings. The average molecular weight is 403 g/mol. The van der Waals surface area contributed by atoms with Crippen molar-refractivity contribution in [1.29, 1.82) is 0 Å². The van der Waals surface area contributed by atoms with E-state index in [1.54, 1.807) is 0 Å². The molecule has 1 saturated carbocycles. The number of benzene rings is 1. The normalized spacial score (nSPS) is 20.4. The molecule has 0 amide bonds. The lowest BCUT2D eigenvalue weighted by atomic mass is 9.92. The molecule has 0 aromatic heterocycles. The van der Waals surface area contributed by atoms with Crippen LogP contribution in [0, 0.1) is 5.92 Å². The van der Waals surface area contributed by atoms with Crippen LogP contribution in [0.3, 0.4) is 0 Å². The summed E-state index contributed by atoms with van der Waals surface area (Å²) in [6.07, 6.45) is 8.46. The number of halogens is 2. The molecular formula is C17H25Br2N. The molecule has 20 heavy (non-hydrogen) atoms. The average Bonchev–Trinajstić information content (AvgIpc) is 2.67. The fourth-order valence-corrected chi connectivity index (χ4v) is 4.67. The van der Waals surface area contributed by atoms with E-state index in [-0.39, 0.29) is 0 Å². The van der Waals surface area contributed by atoms with Gasteiger partial charge < -0.3 is 5.32 Å². The van der Waals surface area contributed by atoms with E-state index in [1.165, 1.54) is 48.6 Å². The van der Waals surface area contributed by atoms with E-state index < -0.39 is 0 Å². The lowest BCUT2D eigenvalue weighted by Crippen LogP contribution is -2.35. The van der Waals surface area contributed by atoms with Crippen LogP contribution < -0.4 is 5.32 Å². The maximum absolute atomic E-state index is 3.81. The van der Waals surface area contributed by atoms with Crippen LogP contribution in [0.5, 0.6) is 0 Å².